The number of aromatic nitrogens is 2. The minimum Gasteiger partial charge on any atom is -0.385 e. The molecule has 18 heavy (non-hydrogen) atoms. The molecule has 1 aliphatic rings. The van der Waals surface area contributed by atoms with Gasteiger partial charge in [-0.25, -0.2) is 9.97 Å². The van der Waals surface area contributed by atoms with E-state index in [0.717, 1.165) is 37.2 Å². The maximum absolute atomic E-state index is 10.6. The van der Waals surface area contributed by atoms with Gasteiger partial charge in [-0.1, -0.05) is 6.92 Å². The van der Waals surface area contributed by atoms with Gasteiger partial charge in [0.25, 0.3) is 0 Å². The van der Waals surface area contributed by atoms with E-state index in [9.17, 15) is 5.11 Å². The second-order valence-corrected chi connectivity index (χ2v) is 5.25. The fourth-order valence-corrected chi connectivity index (χ4v) is 2.79. The first-order valence-electron chi connectivity index (χ1n) is 6.75. The van der Waals surface area contributed by atoms with E-state index in [1.54, 1.807) is 12.4 Å². The molecular weight excluding hydrogens is 228 g/mol. The zero-order valence-electron chi connectivity index (χ0n) is 11.2. The van der Waals surface area contributed by atoms with Gasteiger partial charge in [0, 0.05) is 24.6 Å². The summed E-state index contributed by atoms with van der Waals surface area (Å²) < 4.78 is 5.93. The summed E-state index contributed by atoms with van der Waals surface area (Å²) in [6, 6.07) is 0. The minimum atomic E-state index is -0.633. The molecule has 0 saturated heterocycles. The van der Waals surface area contributed by atoms with E-state index in [1.807, 2.05) is 6.92 Å². The van der Waals surface area contributed by atoms with Gasteiger partial charge in [-0.2, -0.15) is 0 Å². The molecule has 0 amide bonds. The third-order valence-corrected chi connectivity index (χ3v) is 3.95. The second kappa shape index (κ2) is 5.76. The highest BCUT2D eigenvalue weighted by molar-refractivity contribution is 5.13. The number of hydrogen-bond donors (Lipinski definition) is 1. The van der Waals surface area contributed by atoms with Crippen molar-refractivity contribution in [2.45, 2.75) is 51.2 Å². The van der Waals surface area contributed by atoms with Crippen LogP contribution in [-0.2, 0) is 4.74 Å². The summed E-state index contributed by atoms with van der Waals surface area (Å²) in [6.45, 7) is 4.86. The van der Waals surface area contributed by atoms with Gasteiger partial charge in [0.15, 0.2) is 0 Å². The van der Waals surface area contributed by atoms with Crippen LogP contribution in [0.3, 0.4) is 0 Å². The maximum Gasteiger partial charge on any atom is 0.115 e. The molecule has 1 N–H and O–H groups in total. The number of hydrogen-bond acceptors (Lipinski definition) is 4. The summed E-state index contributed by atoms with van der Waals surface area (Å²) in [5.41, 5.74) is 0.298. The Balaban J connectivity index is 2.19. The first-order valence-corrected chi connectivity index (χ1v) is 6.75. The van der Waals surface area contributed by atoms with Crippen LogP contribution in [0.15, 0.2) is 18.7 Å². The Morgan fingerprint density at radius 3 is 2.56 bits per heavy atom. The van der Waals surface area contributed by atoms with Gasteiger partial charge < -0.3 is 9.84 Å². The van der Waals surface area contributed by atoms with Crippen molar-refractivity contribution in [3.05, 3.63) is 24.3 Å². The number of aliphatic hydroxyl groups is 1. The fourth-order valence-electron chi connectivity index (χ4n) is 2.79. The fraction of sp³-hybridized carbons (Fsp3) is 0.714. The third kappa shape index (κ3) is 2.70. The summed E-state index contributed by atoms with van der Waals surface area (Å²) in [5.74, 6) is 0.720. The molecule has 4 heteroatoms. The Kier molecular flexibility index (Phi) is 4.30. The smallest absolute Gasteiger partial charge is 0.115 e. The van der Waals surface area contributed by atoms with E-state index in [4.69, 9.17) is 4.74 Å². The highest BCUT2D eigenvalue weighted by atomic mass is 16.5. The van der Waals surface area contributed by atoms with Gasteiger partial charge in [0.2, 0.25) is 0 Å². The Morgan fingerprint density at radius 2 is 2.00 bits per heavy atom. The SMILES string of the molecule is CCOC1(C(O)c2cncnc2)CCC(C)CC1. The van der Waals surface area contributed by atoms with Crippen LogP contribution in [0.4, 0.5) is 0 Å². The van der Waals surface area contributed by atoms with Crippen LogP contribution < -0.4 is 0 Å². The zero-order chi connectivity index (χ0) is 13.0. The van der Waals surface area contributed by atoms with Crippen LogP contribution in [0, 0.1) is 5.92 Å². The highest BCUT2D eigenvalue weighted by Crippen LogP contribution is 2.42. The maximum atomic E-state index is 10.6. The molecule has 0 aromatic carbocycles. The molecule has 1 fully saturated rings. The lowest BCUT2D eigenvalue weighted by Crippen LogP contribution is -2.43. The minimum absolute atomic E-state index is 0.452. The molecule has 1 heterocycles. The topological polar surface area (TPSA) is 55.2 Å². The molecule has 0 bridgehead atoms. The Labute approximate surface area is 108 Å². The van der Waals surface area contributed by atoms with Crippen molar-refractivity contribution >= 4 is 0 Å². The van der Waals surface area contributed by atoms with Crippen LogP contribution in [0.2, 0.25) is 0 Å². The lowest BCUT2D eigenvalue weighted by Gasteiger charge is -2.42. The second-order valence-electron chi connectivity index (χ2n) is 5.25. The van der Waals surface area contributed by atoms with Crippen LogP contribution in [-0.4, -0.2) is 27.3 Å². The molecule has 1 aromatic rings. The molecule has 1 unspecified atom stereocenters. The summed E-state index contributed by atoms with van der Waals surface area (Å²) in [5, 5.41) is 10.6. The van der Waals surface area contributed by atoms with Crippen LogP contribution in [0.25, 0.3) is 0 Å². The molecule has 1 aromatic heterocycles. The molecule has 0 spiro atoms. The Bertz CT molecular complexity index is 361. The molecule has 1 saturated carbocycles. The van der Waals surface area contributed by atoms with E-state index in [0.29, 0.717) is 6.61 Å². The quantitative estimate of drug-likeness (QED) is 0.892. The van der Waals surface area contributed by atoms with Gasteiger partial charge >= 0.3 is 0 Å². The van der Waals surface area contributed by atoms with Crippen LogP contribution in [0.1, 0.15) is 51.2 Å². The monoisotopic (exact) mass is 250 g/mol. The third-order valence-electron chi connectivity index (χ3n) is 3.95. The van der Waals surface area contributed by atoms with Crippen molar-refractivity contribution in [1.82, 2.24) is 9.97 Å². The molecule has 100 valence electrons. The average Bonchev–Trinajstić information content (AvgIpc) is 2.42. The predicted octanol–water partition coefficient (Wildman–Crippen LogP) is 2.50. The summed E-state index contributed by atoms with van der Waals surface area (Å²) in [7, 11) is 0. The number of nitrogens with zero attached hydrogens (tertiary/aromatic N) is 2. The normalized spacial score (nSPS) is 30.1. The lowest BCUT2D eigenvalue weighted by atomic mass is 9.75. The highest BCUT2D eigenvalue weighted by Gasteiger charge is 2.42. The Hall–Kier alpha value is -1.00. The van der Waals surface area contributed by atoms with Crippen LogP contribution in [0.5, 0.6) is 0 Å². The first-order chi connectivity index (χ1) is 8.68. The lowest BCUT2D eigenvalue weighted by molar-refractivity contribution is -0.146. The van der Waals surface area contributed by atoms with Crippen molar-refractivity contribution < 1.29 is 9.84 Å². The van der Waals surface area contributed by atoms with Gasteiger partial charge in [-0.05, 0) is 38.5 Å². The van der Waals surface area contributed by atoms with Crippen molar-refractivity contribution in [3.63, 3.8) is 0 Å². The van der Waals surface area contributed by atoms with Gasteiger partial charge in [0.05, 0.1) is 5.60 Å². The van der Waals surface area contributed by atoms with E-state index >= 15 is 0 Å². The molecule has 0 aliphatic heterocycles. The van der Waals surface area contributed by atoms with E-state index in [1.165, 1.54) is 6.33 Å². The summed E-state index contributed by atoms with van der Waals surface area (Å²) >= 11 is 0. The van der Waals surface area contributed by atoms with E-state index < -0.39 is 11.7 Å². The van der Waals surface area contributed by atoms with Gasteiger partial charge in [0.1, 0.15) is 12.4 Å². The zero-order valence-corrected chi connectivity index (χ0v) is 11.2. The number of aliphatic hydroxyl groups excluding tert-OH is 1. The molecule has 4 nitrogen and oxygen atoms in total. The van der Waals surface area contributed by atoms with E-state index in [2.05, 4.69) is 16.9 Å². The standard InChI is InChI=1S/C14H22N2O2/c1-3-18-14(6-4-11(2)5-7-14)13(17)12-8-15-10-16-9-12/h8-11,13,17H,3-7H2,1-2H3. The van der Waals surface area contributed by atoms with Crippen molar-refractivity contribution in [3.8, 4) is 0 Å². The molecule has 0 radical (unpaired) electrons. The van der Waals surface area contributed by atoms with Crippen molar-refractivity contribution in [2.24, 2.45) is 5.92 Å². The number of ether oxygens (including phenoxy) is 1. The number of rotatable bonds is 4. The first kappa shape index (κ1) is 13.4. The van der Waals surface area contributed by atoms with Gasteiger partial charge in [-0.15, -0.1) is 0 Å². The van der Waals surface area contributed by atoms with Gasteiger partial charge in [-0.3, -0.25) is 0 Å². The summed E-state index contributed by atoms with van der Waals surface area (Å²) in [4.78, 5) is 7.96. The molecule has 1 aliphatic carbocycles. The average molecular weight is 250 g/mol. The molecule has 1 atom stereocenters. The van der Waals surface area contributed by atoms with Crippen molar-refractivity contribution in [2.75, 3.05) is 6.61 Å². The van der Waals surface area contributed by atoms with E-state index in [-0.39, 0.29) is 0 Å². The van der Waals surface area contributed by atoms with Crippen LogP contribution >= 0.6 is 0 Å². The Morgan fingerprint density at radius 1 is 1.39 bits per heavy atom. The summed E-state index contributed by atoms with van der Waals surface area (Å²) in [6.07, 6.45) is 8.21. The molecule has 2 rings (SSSR count). The molecular formula is C14H22N2O2. The largest absolute Gasteiger partial charge is 0.385 e. The predicted molar refractivity (Wildman–Crippen MR) is 69.0 cm³/mol. The van der Waals surface area contributed by atoms with Crippen molar-refractivity contribution in [1.29, 1.82) is 0 Å².